The molecule has 0 aliphatic carbocycles. The van der Waals surface area contributed by atoms with Gasteiger partial charge in [-0.3, -0.25) is 0 Å². The SMILES string of the molecule is c1ccc(Cn2cc(-c3ccccc3)nc2-c2ccccc2)cc1. The summed E-state index contributed by atoms with van der Waals surface area (Å²) in [6.07, 6.45) is 2.14. The molecular formula is C22H18N2. The fourth-order valence-electron chi connectivity index (χ4n) is 2.88. The molecule has 1 aromatic heterocycles. The van der Waals surface area contributed by atoms with E-state index in [0.29, 0.717) is 0 Å². The Bertz CT molecular complexity index is 910. The Labute approximate surface area is 142 Å². The molecule has 0 amide bonds. The number of hydrogen-bond acceptors (Lipinski definition) is 1. The molecule has 24 heavy (non-hydrogen) atoms. The number of rotatable bonds is 4. The van der Waals surface area contributed by atoms with Crippen LogP contribution in [0.4, 0.5) is 0 Å². The average molecular weight is 310 g/mol. The number of aromatic nitrogens is 2. The summed E-state index contributed by atoms with van der Waals surface area (Å²) in [5.41, 5.74) is 4.55. The van der Waals surface area contributed by atoms with E-state index in [-0.39, 0.29) is 0 Å². The highest BCUT2D eigenvalue weighted by molar-refractivity contribution is 5.65. The maximum absolute atomic E-state index is 4.91. The lowest BCUT2D eigenvalue weighted by Crippen LogP contribution is -2.00. The summed E-state index contributed by atoms with van der Waals surface area (Å²) in [7, 11) is 0. The first-order chi connectivity index (χ1) is 11.9. The van der Waals surface area contributed by atoms with Crippen LogP contribution in [0.25, 0.3) is 22.6 Å². The summed E-state index contributed by atoms with van der Waals surface area (Å²) < 4.78 is 2.23. The Morgan fingerprint density at radius 1 is 0.625 bits per heavy atom. The number of hydrogen-bond donors (Lipinski definition) is 0. The highest BCUT2D eigenvalue weighted by Crippen LogP contribution is 2.25. The van der Waals surface area contributed by atoms with E-state index < -0.39 is 0 Å². The quantitative estimate of drug-likeness (QED) is 0.502. The van der Waals surface area contributed by atoms with Crippen LogP contribution in [0.15, 0.2) is 97.2 Å². The molecule has 116 valence electrons. The molecule has 0 bridgehead atoms. The molecule has 1 heterocycles. The zero-order valence-corrected chi connectivity index (χ0v) is 13.3. The third-order valence-electron chi connectivity index (χ3n) is 4.07. The van der Waals surface area contributed by atoms with Gasteiger partial charge in [0.1, 0.15) is 5.82 Å². The monoisotopic (exact) mass is 310 g/mol. The van der Waals surface area contributed by atoms with Crippen LogP contribution in [-0.4, -0.2) is 9.55 Å². The second kappa shape index (κ2) is 6.55. The highest BCUT2D eigenvalue weighted by atomic mass is 15.1. The van der Waals surface area contributed by atoms with Crippen molar-refractivity contribution < 1.29 is 0 Å². The van der Waals surface area contributed by atoms with Crippen molar-refractivity contribution >= 4 is 0 Å². The molecule has 0 radical (unpaired) electrons. The minimum absolute atomic E-state index is 0.810. The van der Waals surface area contributed by atoms with Crippen LogP contribution < -0.4 is 0 Å². The Hall–Kier alpha value is -3.13. The molecule has 2 nitrogen and oxygen atoms in total. The highest BCUT2D eigenvalue weighted by Gasteiger charge is 2.11. The topological polar surface area (TPSA) is 17.8 Å². The third kappa shape index (κ3) is 2.99. The zero-order chi connectivity index (χ0) is 16.2. The van der Waals surface area contributed by atoms with E-state index in [1.807, 2.05) is 30.3 Å². The van der Waals surface area contributed by atoms with Crippen LogP contribution in [0.1, 0.15) is 5.56 Å². The fraction of sp³-hybridized carbons (Fsp3) is 0.0455. The maximum Gasteiger partial charge on any atom is 0.140 e. The lowest BCUT2D eigenvalue weighted by molar-refractivity contribution is 0.807. The minimum atomic E-state index is 0.810. The van der Waals surface area contributed by atoms with Crippen molar-refractivity contribution in [2.24, 2.45) is 0 Å². The van der Waals surface area contributed by atoms with E-state index in [4.69, 9.17) is 4.98 Å². The van der Waals surface area contributed by atoms with Crippen LogP contribution in [0.3, 0.4) is 0 Å². The molecule has 4 aromatic rings. The van der Waals surface area contributed by atoms with Crippen molar-refractivity contribution in [3.05, 3.63) is 103 Å². The predicted octanol–water partition coefficient (Wildman–Crippen LogP) is 5.27. The van der Waals surface area contributed by atoms with Crippen molar-refractivity contribution in [2.45, 2.75) is 6.54 Å². The van der Waals surface area contributed by atoms with Crippen molar-refractivity contribution in [3.63, 3.8) is 0 Å². The van der Waals surface area contributed by atoms with Crippen LogP contribution in [0, 0.1) is 0 Å². The van der Waals surface area contributed by atoms with Crippen LogP contribution in [-0.2, 0) is 6.54 Å². The number of nitrogens with zero attached hydrogens (tertiary/aromatic N) is 2. The molecule has 3 aromatic carbocycles. The molecule has 0 N–H and O–H groups in total. The first-order valence-electron chi connectivity index (χ1n) is 8.12. The molecule has 0 aliphatic rings. The third-order valence-corrected chi connectivity index (χ3v) is 4.07. The van der Waals surface area contributed by atoms with Gasteiger partial charge < -0.3 is 4.57 Å². The maximum atomic E-state index is 4.91. The van der Waals surface area contributed by atoms with Crippen molar-refractivity contribution in [2.75, 3.05) is 0 Å². The molecule has 0 saturated carbocycles. The summed E-state index contributed by atoms with van der Waals surface area (Å²) >= 11 is 0. The Morgan fingerprint density at radius 2 is 1.17 bits per heavy atom. The average Bonchev–Trinajstić information content (AvgIpc) is 3.08. The molecule has 0 saturated heterocycles. The first-order valence-corrected chi connectivity index (χ1v) is 8.12. The van der Waals surface area contributed by atoms with E-state index >= 15 is 0 Å². The summed E-state index contributed by atoms with van der Waals surface area (Å²) in [5.74, 6) is 0.998. The second-order valence-electron chi connectivity index (χ2n) is 5.80. The zero-order valence-electron chi connectivity index (χ0n) is 13.3. The van der Waals surface area contributed by atoms with Crippen molar-refractivity contribution in [3.8, 4) is 22.6 Å². The Morgan fingerprint density at radius 3 is 1.79 bits per heavy atom. The van der Waals surface area contributed by atoms with Gasteiger partial charge in [-0.1, -0.05) is 91.0 Å². The van der Waals surface area contributed by atoms with Gasteiger partial charge in [-0.05, 0) is 5.56 Å². The Kier molecular flexibility index (Phi) is 3.95. The van der Waals surface area contributed by atoms with Gasteiger partial charge in [-0.25, -0.2) is 4.98 Å². The summed E-state index contributed by atoms with van der Waals surface area (Å²) in [4.78, 5) is 4.91. The van der Waals surface area contributed by atoms with E-state index in [1.54, 1.807) is 0 Å². The summed E-state index contributed by atoms with van der Waals surface area (Å²) in [6, 6.07) is 31.2. The molecule has 0 aliphatic heterocycles. The number of benzene rings is 3. The molecule has 0 spiro atoms. The lowest BCUT2D eigenvalue weighted by Gasteiger charge is -2.07. The normalized spacial score (nSPS) is 10.7. The smallest absolute Gasteiger partial charge is 0.140 e. The van der Waals surface area contributed by atoms with Crippen molar-refractivity contribution in [1.82, 2.24) is 9.55 Å². The van der Waals surface area contributed by atoms with E-state index in [1.165, 1.54) is 5.56 Å². The van der Waals surface area contributed by atoms with Crippen molar-refractivity contribution in [1.29, 1.82) is 0 Å². The summed E-state index contributed by atoms with van der Waals surface area (Å²) in [5, 5.41) is 0. The van der Waals surface area contributed by atoms with Gasteiger partial charge in [0.2, 0.25) is 0 Å². The predicted molar refractivity (Wildman–Crippen MR) is 98.6 cm³/mol. The molecule has 4 rings (SSSR count). The van der Waals surface area contributed by atoms with E-state index in [2.05, 4.69) is 71.4 Å². The molecule has 0 fully saturated rings. The van der Waals surface area contributed by atoms with Gasteiger partial charge in [-0.15, -0.1) is 0 Å². The Balaban J connectivity index is 1.80. The first kappa shape index (κ1) is 14.5. The van der Waals surface area contributed by atoms with Gasteiger partial charge >= 0.3 is 0 Å². The fourth-order valence-corrected chi connectivity index (χ4v) is 2.88. The van der Waals surface area contributed by atoms with E-state index in [9.17, 15) is 0 Å². The second-order valence-corrected chi connectivity index (χ2v) is 5.80. The van der Waals surface area contributed by atoms with Crippen LogP contribution in [0.2, 0.25) is 0 Å². The van der Waals surface area contributed by atoms with Gasteiger partial charge in [0.25, 0.3) is 0 Å². The largest absolute Gasteiger partial charge is 0.326 e. The lowest BCUT2D eigenvalue weighted by atomic mass is 10.2. The van der Waals surface area contributed by atoms with Gasteiger partial charge in [0, 0.05) is 23.9 Å². The van der Waals surface area contributed by atoms with Gasteiger partial charge in [0.05, 0.1) is 5.69 Å². The number of imidazole rings is 1. The molecule has 0 atom stereocenters. The standard InChI is InChI=1S/C22H18N2/c1-4-10-18(11-5-1)16-24-17-21(19-12-6-2-7-13-19)23-22(24)20-14-8-3-9-15-20/h1-15,17H,16H2. The minimum Gasteiger partial charge on any atom is -0.326 e. The molecule has 2 heteroatoms. The van der Waals surface area contributed by atoms with Gasteiger partial charge in [0.15, 0.2) is 0 Å². The molecular weight excluding hydrogens is 292 g/mol. The molecule has 0 unspecified atom stereocenters. The summed E-state index contributed by atoms with van der Waals surface area (Å²) in [6.45, 7) is 0.810. The van der Waals surface area contributed by atoms with Crippen LogP contribution >= 0.6 is 0 Å². The van der Waals surface area contributed by atoms with Crippen LogP contribution in [0.5, 0.6) is 0 Å². The van der Waals surface area contributed by atoms with Gasteiger partial charge in [-0.2, -0.15) is 0 Å². The van der Waals surface area contributed by atoms with E-state index in [0.717, 1.165) is 29.2 Å².